The first-order chi connectivity index (χ1) is 5.20. The van der Waals surface area contributed by atoms with Gasteiger partial charge in [-0.2, -0.15) is 0 Å². The summed E-state index contributed by atoms with van der Waals surface area (Å²) >= 11 is 0. The van der Waals surface area contributed by atoms with Crippen LogP contribution >= 0.6 is 0 Å². The van der Waals surface area contributed by atoms with Crippen LogP contribution in [-0.2, 0) is 4.79 Å². The molecule has 2 N–H and O–H groups in total. The summed E-state index contributed by atoms with van der Waals surface area (Å²) in [6, 6.07) is 0. The van der Waals surface area contributed by atoms with Gasteiger partial charge in [-0.1, -0.05) is 13.8 Å². The highest BCUT2D eigenvalue weighted by Gasteiger charge is 2.06. The molecule has 60 valence electrons. The van der Waals surface area contributed by atoms with E-state index in [9.17, 15) is 4.79 Å². The summed E-state index contributed by atoms with van der Waals surface area (Å²) < 4.78 is 0. The fourth-order valence-electron chi connectivity index (χ4n) is 0.595. The predicted octanol–water partition coefficient (Wildman–Crippen LogP) is 1.00. The Bertz CT molecular complexity index is 228. The summed E-state index contributed by atoms with van der Waals surface area (Å²) in [5.41, 5.74) is 0. The van der Waals surface area contributed by atoms with E-state index in [0.717, 1.165) is 0 Å². The lowest BCUT2D eigenvalue weighted by Gasteiger charge is -2.02. The maximum Gasteiger partial charge on any atom is 0.229 e. The zero-order valence-corrected chi connectivity index (χ0v) is 6.59. The van der Waals surface area contributed by atoms with Crippen molar-refractivity contribution < 1.29 is 4.79 Å². The van der Waals surface area contributed by atoms with Crippen molar-refractivity contribution in [2.24, 2.45) is 5.92 Å². The Labute approximate surface area is 65.0 Å². The summed E-state index contributed by atoms with van der Waals surface area (Å²) in [5.74, 6) is 0.462. The van der Waals surface area contributed by atoms with E-state index in [1.54, 1.807) is 12.4 Å². The van der Waals surface area contributed by atoms with Gasteiger partial charge >= 0.3 is 0 Å². The first kappa shape index (κ1) is 7.78. The Morgan fingerprint density at radius 1 is 1.73 bits per heavy atom. The van der Waals surface area contributed by atoms with Gasteiger partial charge in [-0.05, 0) is 0 Å². The third-order valence-corrected chi connectivity index (χ3v) is 1.26. The number of anilines is 1. The molecule has 0 atom stereocenters. The lowest BCUT2D eigenvalue weighted by atomic mass is 10.2. The van der Waals surface area contributed by atoms with Crippen molar-refractivity contribution in [2.45, 2.75) is 13.8 Å². The molecule has 0 bridgehead atoms. The predicted molar refractivity (Wildman–Crippen MR) is 42.1 cm³/mol. The largest absolute Gasteiger partial charge is 0.331 e. The molecule has 1 aromatic rings. The monoisotopic (exact) mass is 153 g/mol. The summed E-state index contributed by atoms with van der Waals surface area (Å²) in [7, 11) is 0. The van der Waals surface area contributed by atoms with Crippen molar-refractivity contribution in [1.82, 2.24) is 9.97 Å². The van der Waals surface area contributed by atoms with Crippen LogP contribution in [0.15, 0.2) is 12.4 Å². The molecule has 0 spiro atoms. The smallest absolute Gasteiger partial charge is 0.229 e. The van der Waals surface area contributed by atoms with Gasteiger partial charge in [0, 0.05) is 18.3 Å². The van der Waals surface area contributed by atoms with E-state index in [2.05, 4.69) is 15.3 Å². The highest BCUT2D eigenvalue weighted by Crippen LogP contribution is 1.99. The first-order valence-electron chi connectivity index (χ1n) is 3.50. The number of amides is 1. The van der Waals surface area contributed by atoms with E-state index in [-0.39, 0.29) is 11.8 Å². The SMILES string of the molecule is CC(C)C(=O)Nc1ncc[nH]1. The van der Waals surface area contributed by atoms with Crippen LogP contribution < -0.4 is 5.32 Å². The molecule has 0 aliphatic carbocycles. The van der Waals surface area contributed by atoms with Crippen LogP contribution in [0.4, 0.5) is 5.95 Å². The number of carbonyl (C=O) groups is 1. The molecule has 0 unspecified atom stereocenters. The minimum Gasteiger partial charge on any atom is -0.331 e. The number of imidazole rings is 1. The second-order valence-electron chi connectivity index (χ2n) is 2.58. The van der Waals surface area contributed by atoms with Gasteiger partial charge in [-0.15, -0.1) is 0 Å². The maximum atomic E-state index is 11.0. The summed E-state index contributed by atoms with van der Waals surface area (Å²) in [5, 5.41) is 2.62. The summed E-state index contributed by atoms with van der Waals surface area (Å²) in [6.45, 7) is 3.66. The molecule has 0 aliphatic heterocycles. The molecule has 0 saturated heterocycles. The van der Waals surface area contributed by atoms with Crippen LogP contribution in [0.3, 0.4) is 0 Å². The number of hydrogen-bond acceptors (Lipinski definition) is 2. The zero-order chi connectivity index (χ0) is 8.27. The minimum atomic E-state index is -0.0278. The van der Waals surface area contributed by atoms with Gasteiger partial charge in [0.25, 0.3) is 0 Å². The lowest BCUT2D eigenvalue weighted by Crippen LogP contribution is -2.18. The van der Waals surface area contributed by atoms with Crippen molar-refractivity contribution in [3.05, 3.63) is 12.4 Å². The van der Waals surface area contributed by atoms with Gasteiger partial charge in [0.15, 0.2) is 0 Å². The fraction of sp³-hybridized carbons (Fsp3) is 0.429. The topological polar surface area (TPSA) is 57.8 Å². The van der Waals surface area contributed by atoms with E-state index in [1.165, 1.54) is 0 Å². The lowest BCUT2D eigenvalue weighted by molar-refractivity contribution is -0.118. The van der Waals surface area contributed by atoms with Crippen molar-refractivity contribution in [1.29, 1.82) is 0 Å². The molecular formula is C7H11N3O. The Morgan fingerprint density at radius 2 is 2.45 bits per heavy atom. The average Bonchev–Trinajstić information content (AvgIpc) is 2.39. The highest BCUT2D eigenvalue weighted by atomic mass is 16.1. The molecule has 1 amide bonds. The molecule has 4 heteroatoms. The number of rotatable bonds is 2. The number of H-pyrrole nitrogens is 1. The standard InChI is InChI=1S/C7H11N3O/c1-5(2)6(11)10-7-8-3-4-9-7/h3-5H,1-2H3,(H2,8,9,10,11). The van der Waals surface area contributed by atoms with Crippen LogP contribution in [0.25, 0.3) is 0 Å². The quantitative estimate of drug-likeness (QED) is 0.666. The number of hydrogen-bond donors (Lipinski definition) is 2. The number of nitrogens with one attached hydrogen (secondary N) is 2. The van der Waals surface area contributed by atoms with Gasteiger partial charge in [-0.25, -0.2) is 4.98 Å². The second kappa shape index (κ2) is 3.18. The molecular weight excluding hydrogens is 142 g/mol. The molecule has 1 rings (SSSR count). The van der Waals surface area contributed by atoms with Gasteiger partial charge in [-0.3, -0.25) is 10.1 Å². The molecule has 0 aliphatic rings. The molecule has 0 aromatic carbocycles. The van der Waals surface area contributed by atoms with Crippen LogP contribution in [0, 0.1) is 5.92 Å². The van der Waals surface area contributed by atoms with E-state index >= 15 is 0 Å². The van der Waals surface area contributed by atoms with Crippen LogP contribution in [0.2, 0.25) is 0 Å². The second-order valence-corrected chi connectivity index (χ2v) is 2.58. The number of nitrogens with zero attached hydrogens (tertiary/aromatic N) is 1. The van der Waals surface area contributed by atoms with Crippen molar-refractivity contribution >= 4 is 11.9 Å². The van der Waals surface area contributed by atoms with E-state index in [0.29, 0.717) is 5.95 Å². The fourth-order valence-corrected chi connectivity index (χ4v) is 0.595. The molecule has 4 nitrogen and oxygen atoms in total. The molecule has 0 radical (unpaired) electrons. The Morgan fingerprint density at radius 3 is 2.91 bits per heavy atom. The van der Waals surface area contributed by atoms with Gasteiger partial charge < -0.3 is 4.98 Å². The van der Waals surface area contributed by atoms with Gasteiger partial charge in [0.2, 0.25) is 11.9 Å². The van der Waals surface area contributed by atoms with Gasteiger partial charge in [0.05, 0.1) is 0 Å². The maximum absolute atomic E-state index is 11.0. The van der Waals surface area contributed by atoms with Crippen molar-refractivity contribution in [3.8, 4) is 0 Å². The van der Waals surface area contributed by atoms with Crippen molar-refractivity contribution in [2.75, 3.05) is 5.32 Å². The molecule has 1 aromatic heterocycles. The highest BCUT2D eigenvalue weighted by molar-refractivity contribution is 5.90. The number of aromatic nitrogens is 2. The normalized spacial score (nSPS) is 10.1. The van der Waals surface area contributed by atoms with Crippen LogP contribution in [0.1, 0.15) is 13.8 Å². The minimum absolute atomic E-state index is 0.0138. The number of carbonyl (C=O) groups excluding carboxylic acids is 1. The third kappa shape index (κ3) is 2.07. The first-order valence-corrected chi connectivity index (χ1v) is 3.50. The molecule has 0 fully saturated rings. The third-order valence-electron chi connectivity index (χ3n) is 1.26. The van der Waals surface area contributed by atoms with E-state index in [1.807, 2.05) is 13.8 Å². The average molecular weight is 153 g/mol. The van der Waals surface area contributed by atoms with Gasteiger partial charge in [0.1, 0.15) is 0 Å². The van der Waals surface area contributed by atoms with Crippen molar-refractivity contribution in [3.63, 3.8) is 0 Å². The van der Waals surface area contributed by atoms with Crippen LogP contribution in [-0.4, -0.2) is 15.9 Å². The molecule has 0 saturated carbocycles. The Kier molecular flexibility index (Phi) is 2.25. The number of aromatic amines is 1. The zero-order valence-electron chi connectivity index (χ0n) is 6.59. The Balaban J connectivity index is 2.50. The van der Waals surface area contributed by atoms with E-state index < -0.39 is 0 Å². The summed E-state index contributed by atoms with van der Waals surface area (Å²) in [6.07, 6.45) is 3.26. The molecule has 11 heavy (non-hydrogen) atoms. The Hall–Kier alpha value is -1.32. The summed E-state index contributed by atoms with van der Waals surface area (Å²) in [4.78, 5) is 17.7. The van der Waals surface area contributed by atoms with Crippen LogP contribution in [0.5, 0.6) is 0 Å². The molecule has 1 heterocycles. The van der Waals surface area contributed by atoms with E-state index in [4.69, 9.17) is 0 Å².